The van der Waals surface area contributed by atoms with Crippen molar-refractivity contribution in [1.82, 2.24) is 4.90 Å². The Morgan fingerprint density at radius 3 is 2.45 bits per heavy atom. The van der Waals surface area contributed by atoms with Gasteiger partial charge in [-0.1, -0.05) is 11.6 Å². The Bertz CT molecular complexity index is 1200. The van der Waals surface area contributed by atoms with Crippen molar-refractivity contribution in [2.75, 3.05) is 36.5 Å². The minimum Gasteiger partial charge on any atom is -0.423 e. The summed E-state index contributed by atoms with van der Waals surface area (Å²) in [4.78, 5) is 28.1. The van der Waals surface area contributed by atoms with Gasteiger partial charge in [0.1, 0.15) is 5.58 Å². The molecular weight excluding hydrogens is 416 g/mol. The zero-order valence-corrected chi connectivity index (χ0v) is 18.1. The van der Waals surface area contributed by atoms with E-state index in [0.717, 1.165) is 29.7 Å². The van der Waals surface area contributed by atoms with Gasteiger partial charge in [0.05, 0.1) is 5.69 Å². The zero-order chi connectivity index (χ0) is 22.0. The molecule has 1 aliphatic rings. The molecule has 2 aromatic carbocycles. The molecule has 1 aliphatic heterocycles. The molecule has 4 rings (SSSR count). The fourth-order valence-electron chi connectivity index (χ4n) is 3.71. The van der Waals surface area contributed by atoms with E-state index < -0.39 is 5.63 Å². The minimum atomic E-state index is -0.395. The number of hydrogen-bond acceptors (Lipinski definition) is 6. The lowest BCUT2D eigenvalue weighted by Crippen LogP contribution is -2.50. The Hall–Kier alpha value is -3.32. The second-order valence-electron chi connectivity index (χ2n) is 7.51. The van der Waals surface area contributed by atoms with Gasteiger partial charge in [-0.2, -0.15) is 5.10 Å². The molecule has 0 amide bonds. The Morgan fingerprint density at radius 1 is 1.06 bits per heavy atom. The molecule has 3 aromatic rings. The minimum absolute atomic E-state index is 0.115. The number of fused-ring (bicyclic) bond motifs is 1. The molecule has 1 N–H and O–H groups in total. The van der Waals surface area contributed by atoms with Gasteiger partial charge in [-0.3, -0.25) is 10.2 Å². The summed E-state index contributed by atoms with van der Waals surface area (Å²) < 4.78 is 5.28. The number of hydrogen-bond donors (Lipinski definition) is 1. The predicted molar refractivity (Wildman–Crippen MR) is 124 cm³/mol. The summed E-state index contributed by atoms with van der Waals surface area (Å²) in [5.74, 6) is 0.261. The Labute approximate surface area is 184 Å². The SMILES string of the molecule is CC(=O)/C(=N\Nc1ccc2c(C)cc(=O)oc2c1)N1CCN(c2ccc(Cl)cc2)CC1. The largest absolute Gasteiger partial charge is 0.423 e. The number of anilines is 2. The number of nitrogens with one attached hydrogen (secondary N) is 1. The molecule has 160 valence electrons. The fourth-order valence-corrected chi connectivity index (χ4v) is 3.84. The van der Waals surface area contributed by atoms with Gasteiger partial charge in [0.2, 0.25) is 0 Å². The first kappa shape index (κ1) is 20.9. The third-order valence-electron chi connectivity index (χ3n) is 5.33. The molecule has 0 bridgehead atoms. The van der Waals surface area contributed by atoms with E-state index in [1.807, 2.05) is 48.2 Å². The average Bonchev–Trinajstić information content (AvgIpc) is 2.74. The Balaban J connectivity index is 1.48. The number of amidine groups is 1. The Morgan fingerprint density at radius 2 is 1.77 bits per heavy atom. The molecule has 31 heavy (non-hydrogen) atoms. The van der Waals surface area contributed by atoms with Crippen LogP contribution in [0.3, 0.4) is 0 Å². The molecule has 1 saturated heterocycles. The van der Waals surface area contributed by atoms with Crippen LogP contribution in [0.4, 0.5) is 11.4 Å². The van der Waals surface area contributed by atoms with E-state index in [2.05, 4.69) is 15.4 Å². The van der Waals surface area contributed by atoms with Crippen molar-refractivity contribution >= 4 is 45.6 Å². The number of nitrogens with zero attached hydrogens (tertiary/aromatic N) is 3. The summed E-state index contributed by atoms with van der Waals surface area (Å²) in [7, 11) is 0. The first-order chi connectivity index (χ1) is 14.9. The third kappa shape index (κ3) is 4.72. The molecule has 2 heterocycles. The fraction of sp³-hybridized carbons (Fsp3) is 0.261. The van der Waals surface area contributed by atoms with Gasteiger partial charge < -0.3 is 14.2 Å². The number of aryl methyl sites for hydroxylation is 1. The maximum atomic E-state index is 12.3. The number of carbonyl (C=O) groups is 1. The van der Waals surface area contributed by atoms with E-state index in [-0.39, 0.29) is 5.78 Å². The van der Waals surface area contributed by atoms with Gasteiger partial charge in [0.15, 0.2) is 11.6 Å². The van der Waals surface area contributed by atoms with Crippen molar-refractivity contribution in [3.63, 3.8) is 0 Å². The lowest BCUT2D eigenvalue weighted by molar-refractivity contribution is -0.111. The van der Waals surface area contributed by atoms with E-state index >= 15 is 0 Å². The number of ketones is 1. The number of rotatable bonds is 4. The van der Waals surface area contributed by atoms with Crippen molar-refractivity contribution in [2.45, 2.75) is 13.8 Å². The molecule has 8 heteroatoms. The number of hydrazone groups is 1. The molecule has 1 aromatic heterocycles. The quantitative estimate of drug-likeness (QED) is 0.288. The van der Waals surface area contributed by atoms with Crippen LogP contribution in [0.15, 0.2) is 62.8 Å². The lowest BCUT2D eigenvalue weighted by Gasteiger charge is -2.37. The number of halogens is 1. The van der Waals surface area contributed by atoms with Crippen molar-refractivity contribution < 1.29 is 9.21 Å². The van der Waals surface area contributed by atoms with Crippen LogP contribution in [0.1, 0.15) is 12.5 Å². The molecule has 1 fully saturated rings. The number of piperazine rings is 1. The normalized spacial score (nSPS) is 14.7. The summed E-state index contributed by atoms with van der Waals surface area (Å²) in [5.41, 5.74) is 5.62. The number of carbonyl (C=O) groups excluding carboxylic acids is 1. The van der Waals surface area contributed by atoms with Crippen LogP contribution in [0, 0.1) is 6.92 Å². The van der Waals surface area contributed by atoms with Crippen LogP contribution in [-0.4, -0.2) is 42.7 Å². The molecule has 0 radical (unpaired) electrons. The highest BCUT2D eigenvalue weighted by atomic mass is 35.5. The standard InChI is InChI=1S/C23H23ClN4O3/c1-15-13-22(30)31-21-14-18(5-8-20(15)21)25-26-23(16(2)29)28-11-9-27(10-12-28)19-6-3-17(24)4-7-19/h3-8,13-14,25H,9-12H2,1-2H3/b26-23+. The highest BCUT2D eigenvalue weighted by Crippen LogP contribution is 2.22. The third-order valence-corrected chi connectivity index (χ3v) is 5.58. The van der Waals surface area contributed by atoms with Crippen molar-refractivity contribution in [3.8, 4) is 0 Å². The highest BCUT2D eigenvalue weighted by Gasteiger charge is 2.22. The van der Waals surface area contributed by atoms with E-state index in [0.29, 0.717) is 35.2 Å². The first-order valence-electron chi connectivity index (χ1n) is 10.1. The summed E-state index contributed by atoms with van der Waals surface area (Å²) in [6.07, 6.45) is 0. The van der Waals surface area contributed by atoms with Crippen LogP contribution >= 0.6 is 11.6 Å². The van der Waals surface area contributed by atoms with E-state index in [1.54, 1.807) is 6.07 Å². The topological polar surface area (TPSA) is 78.1 Å². The monoisotopic (exact) mass is 438 g/mol. The van der Waals surface area contributed by atoms with Crippen molar-refractivity contribution in [2.24, 2.45) is 5.10 Å². The second-order valence-corrected chi connectivity index (χ2v) is 7.95. The van der Waals surface area contributed by atoms with Gasteiger partial charge in [-0.25, -0.2) is 4.79 Å². The van der Waals surface area contributed by atoms with Gasteiger partial charge in [-0.05, 0) is 48.9 Å². The van der Waals surface area contributed by atoms with Crippen molar-refractivity contribution in [1.29, 1.82) is 0 Å². The van der Waals surface area contributed by atoms with Crippen LogP contribution in [0.2, 0.25) is 5.02 Å². The molecule has 0 saturated carbocycles. The van der Waals surface area contributed by atoms with E-state index in [4.69, 9.17) is 16.0 Å². The smallest absolute Gasteiger partial charge is 0.336 e. The van der Waals surface area contributed by atoms with Gasteiger partial charge >= 0.3 is 5.63 Å². The van der Waals surface area contributed by atoms with Gasteiger partial charge in [-0.15, -0.1) is 0 Å². The average molecular weight is 439 g/mol. The first-order valence-corrected chi connectivity index (χ1v) is 10.4. The molecular formula is C23H23ClN4O3. The number of benzene rings is 2. The predicted octanol–water partition coefficient (Wildman–Crippen LogP) is 3.89. The molecule has 0 spiro atoms. The Kier molecular flexibility index (Phi) is 5.95. The van der Waals surface area contributed by atoms with Gasteiger partial charge in [0, 0.05) is 61.3 Å². The molecule has 0 aliphatic carbocycles. The van der Waals surface area contributed by atoms with Crippen LogP contribution in [0.5, 0.6) is 0 Å². The van der Waals surface area contributed by atoms with Crippen LogP contribution < -0.4 is 16.0 Å². The van der Waals surface area contributed by atoms with Gasteiger partial charge in [0.25, 0.3) is 0 Å². The lowest BCUT2D eigenvalue weighted by atomic mass is 10.1. The van der Waals surface area contributed by atoms with Crippen LogP contribution in [-0.2, 0) is 4.79 Å². The van der Waals surface area contributed by atoms with Crippen molar-refractivity contribution in [3.05, 3.63) is 69.5 Å². The number of Topliss-reactive ketones (excluding diaryl/α,β-unsaturated/α-hetero) is 1. The highest BCUT2D eigenvalue weighted by molar-refractivity contribution is 6.38. The maximum absolute atomic E-state index is 12.3. The van der Waals surface area contributed by atoms with E-state index in [1.165, 1.54) is 13.0 Å². The second kappa shape index (κ2) is 8.81. The van der Waals surface area contributed by atoms with E-state index in [9.17, 15) is 9.59 Å². The molecule has 7 nitrogen and oxygen atoms in total. The maximum Gasteiger partial charge on any atom is 0.336 e. The molecule has 0 unspecified atom stereocenters. The summed E-state index contributed by atoms with van der Waals surface area (Å²) in [5, 5.41) is 5.94. The molecule has 0 atom stereocenters. The summed E-state index contributed by atoms with van der Waals surface area (Å²) in [6.45, 7) is 6.27. The van der Waals surface area contributed by atoms with Crippen LogP contribution in [0.25, 0.3) is 11.0 Å². The summed E-state index contributed by atoms with van der Waals surface area (Å²) in [6, 6.07) is 14.6. The zero-order valence-electron chi connectivity index (χ0n) is 17.4. The summed E-state index contributed by atoms with van der Waals surface area (Å²) >= 11 is 5.97.